The number of nitrogens with zero attached hydrogens (tertiary/aromatic N) is 2. The maximum atomic E-state index is 11.0. The van der Waals surface area contributed by atoms with Crippen molar-refractivity contribution in [3.8, 4) is 0 Å². The minimum absolute atomic E-state index is 0.0414. The van der Waals surface area contributed by atoms with E-state index in [4.69, 9.17) is 21.4 Å². The normalized spacial score (nSPS) is 11.2. The number of carboxylic acids is 1. The second kappa shape index (κ2) is 7.36. The van der Waals surface area contributed by atoms with Crippen LogP contribution in [0.2, 0.25) is 5.02 Å². The van der Waals surface area contributed by atoms with Gasteiger partial charge in [-0.2, -0.15) is 0 Å². The number of aliphatic carboxylic acids is 1. The molecule has 0 radical (unpaired) electrons. The predicted molar refractivity (Wildman–Crippen MR) is 81.5 cm³/mol. The molecule has 0 unspecified atom stereocenters. The number of methoxy groups -OCH3 is 1. The Morgan fingerprint density at radius 1 is 1.43 bits per heavy atom. The summed E-state index contributed by atoms with van der Waals surface area (Å²) in [5.41, 5.74) is 1.75. The maximum absolute atomic E-state index is 11.0. The lowest BCUT2D eigenvalue weighted by molar-refractivity contribution is -0.138. The highest BCUT2D eigenvalue weighted by Gasteiger charge is 2.13. The highest BCUT2D eigenvalue weighted by molar-refractivity contribution is 6.35. The first kappa shape index (κ1) is 15.7. The van der Waals surface area contributed by atoms with Crippen molar-refractivity contribution in [1.29, 1.82) is 0 Å². The molecule has 0 fully saturated rings. The van der Waals surface area contributed by atoms with E-state index < -0.39 is 5.97 Å². The molecule has 1 heterocycles. The zero-order valence-electron chi connectivity index (χ0n) is 11.8. The number of carbonyl (C=O) groups is 1. The van der Waals surface area contributed by atoms with Gasteiger partial charge in [-0.15, -0.1) is 0 Å². The molecule has 0 saturated carbocycles. The molecule has 2 rings (SSSR count). The minimum Gasteiger partial charge on any atom is -0.480 e. The maximum Gasteiger partial charge on any atom is 0.317 e. The summed E-state index contributed by atoms with van der Waals surface area (Å²) in [5, 5.41) is 10.5. The van der Waals surface area contributed by atoms with E-state index in [2.05, 4.69) is 4.98 Å². The molecular weight excluding hydrogens is 292 g/mol. The fourth-order valence-corrected chi connectivity index (χ4v) is 2.41. The number of carboxylic acid groups (broad SMARTS) is 1. The van der Waals surface area contributed by atoms with Crippen LogP contribution in [-0.2, 0) is 16.1 Å². The van der Waals surface area contributed by atoms with E-state index in [-0.39, 0.29) is 6.54 Å². The molecule has 112 valence electrons. The van der Waals surface area contributed by atoms with Gasteiger partial charge in [-0.3, -0.25) is 14.7 Å². The largest absolute Gasteiger partial charge is 0.480 e. The fraction of sp³-hybridized carbons (Fsp3) is 0.333. The number of hydrogen-bond acceptors (Lipinski definition) is 4. The van der Waals surface area contributed by atoms with Crippen LogP contribution in [0.25, 0.3) is 10.9 Å². The summed E-state index contributed by atoms with van der Waals surface area (Å²) in [5.74, 6) is -0.864. The van der Waals surface area contributed by atoms with E-state index in [0.717, 1.165) is 16.5 Å². The van der Waals surface area contributed by atoms with Crippen molar-refractivity contribution in [1.82, 2.24) is 9.88 Å². The number of rotatable bonds is 7. The smallest absolute Gasteiger partial charge is 0.317 e. The van der Waals surface area contributed by atoms with Crippen molar-refractivity contribution < 1.29 is 14.6 Å². The number of fused-ring (bicyclic) bond motifs is 1. The van der Waals surface area contributed by atoms with Crippen molar-refractivity contribution in [2.24, 2.45) is 0 Å². The molecule has 1 aromatic carbocycles. The van der Waals surface area contributed by atoms with E-state index in [9.17, 15) is 4.79 Å². The Kier molecular flexibility index (Phi) is 5.50. The van der Waals surface area contributed by atoms with Crippen LogP contribution in [0, 0.1) is 0 Å². The third kappa shape index (κ3) is 4.14. The van der Waals surface area contributed by atoms with Gasteiger partial charge in [0.15, 0.2) is 0 Å². The topological polar surface area (TPSA) is 62.7 Å². The molecule has 6 heteroatoms. The van der Waals surface area contributed by atoms with Gasteiger partial charge in [0.25, 0.3) is 0 Å². The number of pyridine rings is 1. The molecule has 2 aromatic rings. The lowest BCUT2D eigenvalue weighted by Crippen LogP contribution is -2.32. The first-order valence-electron chi connectivity index (χ1n) is 6.57. The zero-order chi connectivity index (χ0) is 15.2. The molecule has 0 aliphatic heterocycles. The van der Waals surface area contributed by atoms with Gasteiger partial charge < -0.3 is 9.84 Å². The molecule has 5 nitrogen and oxygen atoms in total. The van der Waals surface area contributed by atoms with Gasteiger partial charge in [-0.1, -0.05) is 17.7 Å². The van der Waals surface area contributed by atoms with Crippen molar-refractivity contribution in [3.05, 3.63) is 41.0 Å². The fourth-order valence-electron chi connectivity index (χ4n) is 2.19. The lowest BCUT2D eigenvalue weighted by Gasteiger charge is -2.20. The predicted octanol–water partition coefficient (Wildman–Crippen LogP) is 2.42. The van der Waals surface area contributed by atoms with E-state index in [1.54, 1.807) is 13.3 Å². The van der Waals surface area contributed by atoms with Crippen LogP contribution in [0.1, 0.15) is 5.56 Å². The van der Waals surface area contributed by atoms with E-state index in [1.807, 2.05) is 29.2 Å². The Hall–Kier alpha value is -1.69. The number of ether oxygens (including phenoxy) is 1. The van der Waals surface area contributed by atoms with Gasteiger partial charge >= 0.3 is 5.97 Å². The standard InChI is InChI=1S/C15H17ClN2O3/c1-21-8-7-18(10-14(19)20)9-11-4-5-13(16)12-3-2-6-17-15(11)12/h2-6H,7-10H2,1H3,(H,19,20). The van der Waals surface area contributed by atoms with Gasteiger partial charge in [-0.25, -0.2) is 0 Å². The first-order chi connectivity index (χ1) is 10.1. The molecular formula is C15H17ClN2O3. The van der Waals surface area contributed by atoms with Gasteiger partial charge in [0.05, 0.1) is 18.7 Å². The lowest BCUT2D eigenvalue weighted by atomic mass is 10.1. The van der Waals surface area contributed by atoms with Crippen LogP contribution >= 0.6 is 11.6 Å². The zero-order valence-corrected chi connectivity index (χ0v) is 12.5. The Bertz CT molecular complexity index is 633. The average Bonchev–Trinajstić information content (AvgIpc) is 2.47. The first-order valence-corrected chi connectivity index (χ1v) is 6.95. The van der Waals surface area contributed by atoms with Crippen molar-refractivity contribution >= 4 is 28.5 Å². The SMILES string of the molecule is COCCN(CC(=O)O)Cc1ccc(Cl)c2cccnc12. The number of hydrogen-bond donors (Lipinski definition) is 1. The van der Waals surface area contributed by atoms with Crippen molar-refractivity contribution in [3.63, 3.8) is 0 Å². The molecule has 1 aromatic heterocycles. The highest BCUT2D eigenvalue weighted by atomic mass is 35.5. The molecule has 0 aliphatic carbocycles. The highest BCUT2D eigenvalue weighted by Crippen LogP contribution is 2.25. The molecule has 0 bridgehead atoms. The number of aromatic nitrogens is 1. The molecule has 21 heavy (non-hydrogen) atoms. The summed E-state index contributed by atoms with van der Waals surface area (Å²) >= 11 is 6.17. The van der Waals surface area contributed by atoms with Crippen LogP contribution in [-0.4, -0.2) is 47.8 Å². The van der Waals surface area contributed by atoms with Crippen LogP contribution in [0.15, 0.2) is 30.5 Å². The molecule has 0 spiro atoms. The van der Waals surface area contributed by atoms with E-state index >= 15 is 0 Å². The van der Waals surface area contributed by atoms with Gasteiger partial charge in [0, 0.05) is 36.8 Å². The summed E-state index contributed by atoms with van der Waals surface area (Å²) in [4.78, 5) is 17.1. The van der Waals surface area contributed by atoms with Crippen LogP contribution in [0.5, 0.6) is 0 Å². The monoisotopic (exact) mass is 308 g/mol. The van der Waals surface area contributed by atoms with Crippen LogP contribution in [0.4, 0.5) is 0 Å². The summed E-state index contributed by atoms with van der Waals surface area (Å²) in [6, 6.07) is 7.44. The second-order valence-corrected chi connectivity index (χ2v) is 5.11. The third-order valence-corrected chi connectivity index (χ3v) is 3.49. The summed E-state index contributed by atoms with van der Waals surface area (Å²) in [7, 11) is 1.60. The molecule has 0 saturated heterocycles. The van der Waals surface area contributed by atoms with Crippen LogP contribution < -0.4 is 0 Å². The number of benzene rings is 1. The minimum atomic E-state index is -0.864. The van der Waals surface area contributed by atoms with E-state index in [0.29, 0.717) is 24.7 Å². The Morgan fingerprint density at radius 3 is 2.95 bits per heavy atom. The van der Waals surface area contributed by atoms with E-state index in [1.165, 1.54) is 0 Å². The Balaban J connectivity index is 2.27. The van der Waals surface area contributed by atoms with Gasteiger partial charge in [0.2, 0.25) is 0 Å². The average molecular weight is 309 g/mol. The van der Waals surface area contributed by atoms with Gasteiger partial charge in [-0.05, 0) is 23.8 Å². The number of halogens is 1. The molecule has 0 amide bonds. The third-order valence-electron chi connectivity index (χ3n) is 3.16. The Labute approximate surface area is 128 Å². The summed E-state index contributed by atoms with van der Waals surface area (Å²) in [6.45, 7) is 1.46. The summed E-state index contributed by atoms with van der Waals surface area (Å²) < 4.78 is 5.03. The van der Waals surface area contributed by atoms with Crippen molar-refractivity contribution in [2.45, 2.75) is 6.54 Å². The molecule has 0 atom stereocenters. The van der Waals surface area contributed by atoms with Crippen LogP contribution in [0.3, 0.4) is 0 Å². The summed E-state index contributed by atoms with van der Waals surface area (Å²) in [6.07, 6.45) is 1.71. The Morgan fingerprint density at radius 2 is 2.24 bits per heavy atom. The second-order valence-electron chi connectivity index (χ2n) is 4.70. The molecule has 1 N–H and O–H groups in total. The molecule has 0 aliphatic rings. The van der Waals surface area contributed by atoms with Crippen molar-refractivity contribution in [2.75, 3.05) is 26.8 Å². The quantitative estimate of drug-likeness (QED) is 0.851. The van der Waals surface area contributed by atoms with Gasteiger partial charge in [0.1, 0.15) is 0 Å².